The molecule has 52 heavy (non-hydrogen) atoms. The molecule has 4 rings (SSSR count). The first-order valence-electron chi connectivity index (χ1n) is 18.9. The van der Waals surface area contributed by atoms with E-state index in [0.29, 0.717) is 11.4 Å². The molecule has 1 saturated heterocycles. The molecule has 0 bridgehead atoms. The van der Waals surface area contributed by atoms with E-state index >= 15 is 0 Å². The number of benzene rings is 1. The molecule has 2 fully saturated rings. The third-order valence-corrected chi connectivity index (χ3v) is 11.7. The number of hydrogen-bond donors (Lipinski definition) is 2. The summed E-state index contributed by atoms with van der Waals surface area (Å²) in [6.45, 7) is 12.8. The predicted octanol–water partition coefficient (Wildman–Crippen LogP) is 6.24. The van der Waals surface area contributed by atoms with Crippen molar-refractivity contribution in [2.45, 2.75) is 124 Å². The molecular formula is C40H58N4O7S. The van der Waals surface area contributed by atoms with E-state index in [2.05, 4.69) is 22.1 Å². The van der Waals surface area contributed by atoms with E-state index in [-0.39, 0.29) is 66.5 Å². The van der Waals surface area contributed by atoms with Crippen LogP contribution in [0.2, 0.25) is 0 Å². The van der Waals surface area contributed by atoms with E-state index in [0.717, 1.165) is 56.3 Å². The van der Waals surface area contributed by atoms with Crippen molar-refractivity contribution in [3.8, 4) is 0 Å². The topological polar surface area (TPSA) is 146 Å². The van der Waals surface area contributed by atoms with E-state index in [1.54, 1.807) is 24.3 Å². The van der Waals surface area contributed by atoms with Crippen LogP contribution in [0.5, 0.6) is 0 Å². The lowest BCUT2D eigenvalue weighted by Crippen LogP contribution is -2.48. The number of aromatic nitrogens is 1. The molecule has 6 atom stereocenters. The van der Waals surface area contributed by atoms with Gasteiger partial charge in [-0.25, -0.2) is 4.98 Å². The fourth-order valence-electron chi connectivity index (χ4n) is 7.49. The molecule has 0 spiro atoms. The summed E-state index contributed by atoms with van der Waals surface area (Å²) in [5.74, 6) is -2.62. The third-order valence-electron chi connectivity index (χ3n) is 10.7. The van der Waals surface area contributed by atoms with Gasteiger partial charge in [-0.15, -0.1) is 11.3 Å². The average molecular weight is 739 g/mol. The molecular weight excluding hydrogens is 681 g/mol. The van der Waals surface area contributed by atoms with Crippen molar-refractivity contribution in [2.75, 3.05) is 20.1 Å². The van der Waals surface area contributed by atoms with E-state index in [4.69, 9.17) is 4.74 Å². The van der Waals surface area contributed by atoms with Crippen molar-refractivity contribution >= 4 is 40.9 Å². The SMILES string of the molecule is CCN1CCCC[C@@H]1C(=O)C[C@H](C(=O)N(C)[C@H](C[C@@H](OC(C)=O)c1nc(C(=O)N[C@@H](Cc2ccc(C)cc2)C[C@H](C)C(=O)O)cs1)C(C)C)C1CC1. The maximum absolute atomic E-state index is 14.2. The van der Waals surface area contributed by atoms with Crippen LogP contribution in [0.25, 0.3) is 0 Å². The minimum atomic E-state index is -0.936. The summed E-state index contributed by atoms with van der Waals surface area (Å²) in [4.78, 5) is 73.9. The van der Waals surface area contributed by atoms with Gasteiger partial charge < -0.3 is 20.1 Å². The highest BCUT2D eigenvalue weighted by Gasteiger charge is 2.43. The Morgan fingerprint density at radius 1 is 1.06 bits per heavy atom. The highest BCUT2D eigenvalue weighted by molar-refractivity contribution is 7.09. The number of ether oxygens (including phenoxy) is 1. The van der Waals surface area contributed by atoms with Gasteiger partial charge in [-0.2, -0.15) is 0 Å². The molecule has 12 heteroatoms. The van der Waals surface area contributed by atoms with Crippen molar-refractivity contribution in [3.05, 3.63) is 51.5 Å². The Kier molecular flexibility index (Phi) is 15.0. The first kappa shape index (κ1) is 41.1. The van der Waals surface area contributed by atoms with Crippen molar-refractivity contribution in [3.63, 3.8) is 0 Å². The number of carbonyl (C=O) groups excluding carboxylic acids is 4. The Labute approximate surface area is 312 Å². The molecule has 0 unspecified atom stereocenters. The van der Waals surface area contributed by atoms with Gasteiger partial charge in [0.25, 0.3) is 5.91 Å². The number of piperidine rings is 1. The normalized spacial score (nSPS) is 19.3. The molecule has 1 aliphatic heterocycles. The van der Waals surface area contributed by atoms with E-state index in [9.17, 15) is 29.1 Å². The number of carboxylic acid groups (broad SMARTS) is 1. The van der Waals surface area contributed by atoms with Gasteiger partial charge in [-0.1, -0.05) is 63.9 Å². The van der Waals surface area contributed by atoms with Crippen molar-refractivity contribution in [1.29, 1.82) is 0 Å². The van der Waals surface area contributed by atoms with Gasteiger partial charge in [0.05, 0.1) is 12.0 Å². The van der Waals surface area contributed by atoms with Crippen LogP contribution in [0.4, 0.5) is 0 Å². The summed E-state index contributed by atoms with van der Waals surface area (Å²) < 4.78 is 5.79. The maximum atomic E-state index is 14.2. The van der Waals surface area contributed by atoms with Crippen LogP contribution in [0.3, 0.4) is 0 Å². The molecule has 2 aliphatic rings. The number of carboxylic acids is 1. The minimum Gasteiger partial charge on any atom is -0.481 e. The van der Waals surface area contributed by atoms with Crippen LogP contribution in [0, 0.1) is 30.6 Å². The van der Waals surface area contributed by atoms with E-state index in [1.807, 2.05) is 45.0 Å². The number of nitrogens with one attached hydrogen (secondary N) is 1. The molecule has 2 N–H and O–H groups in total. The first-order valence-corrected chi connectivity index (χ1v) is 19.8. The number of rotatable bonds is 19. The fraction of sp³-hybridized carbons (Fsp3) is 0.650. The second-order valence-corrected chi connectivity index (χ2v) is 16.1. The number of hydrogen-bond acceptors (Lipinski definition) is 9. The van der Waals surface area contributed by atoms with Gasteiger partial charge in [0.2, 0.25) is 5.91 Å². The number of aryl methyl sites for hydroxylation is 1. The van der Waals surface area contributed by atoms with Crippen LogP contribution >= 0.6 is 11.3 Å². The average Bonchev–Trinajstić information content (AvgIpc) is 3.83. The molecule has 2 amide bonds. The third kappa shape index (κ3) is 11.4. The van der Waals surface area contributed by atoms with E-state index < -0.39 is 35.9 Å². The minimum absolute atomic E-state index is 0.00187. The number of likely N-dealkylation sites (N-methyl/N-ethyl adjacent to an activating group) is 1. The zero-order valence-electron chi connectivity index (χ0n) is 31.9. The molecule has 2 aromatic rings. The van der Waals surface area contributed by atoms with Crippen LogP contribution in [0.15, 0.2) is 29.6 Å². The van der Waals surface area contributed by atoms with Crippen LogP contribution < -0.4 is 5.32 Å². The Balaban J connectivity index is 1.49. The number of amides is 2. The van der Waals surface area contributed by atoms with Gasteiger partial charge in [0, 0.05) is 50.2 Å². The first-order chi connectivity index (χ1) is 24.7. The smallest absolute Gasteiger partial charge is 0.306 e. The number of ketones is 1. The monoisotopic (exact) mass is 738 g/mol. The molecule has 2 heterocycles. The Morgan fingerprint density at radius 2 is 1.75 bits per heavy atom. The lowest BCUT2D eigenvalue weighted by atomic mass is 9.88. The van der Waals surface area contributed by atoms with Gasteiger partial charge in [0.15, 0.2) is 11.9 Å². The fourth-order valence-corrected chi connectivity index (χ4v) is 8.33. The van der Waals surface area contributed by atoms with Gasteiger partial charge in [-0.05, 0) is 75.9 Å². The van der Waals surface area contributed by atoms with Gasteiger partial charge in [-0.3, -0.25) is 28.9 Å². The molecule has 0 radical (unpaired) electrons. The molecule has 1 aliphatic carbocycles. The number of carbonyl (C=O) groups is 5. The van der Waals surface area contributed by atoms with Crippen molar-refractivity contribution in [1.82, 2.24) is 20.1 Å². The molecule has 1 aromatic heterocycles. The standard InChI is InChI=1S/C40H58N4O7S/c1-8-44-18-10-9-11-33(44)35(46)21-31(29-16-17-29)39(48)43(7)34(24(2)3)22-36(51-27(6)45)38-42-32(23-52-38)37(47)41-30(19-26(5)40(49)50)20-28-14-12-25(4)13-15-28/h12-15,23-24,26,29-31,33-34,36H,8-11,16-22H2,1-7H3,(H,41,47)(H,49,50)/t26-,30+,31-,33+,34+,36+/m0/s1. The van der Waals surface area contributed by atoms with Crippen LogP contribution in [-0.2, 0) is 30.3 Å². The summed E-state index contributed by atoms with van der Waals surface area (Å²) in [5, 5.41) is 14.6. The van der Waals surface area contributed by atoms with Crippen LogP contribution in [0.1, 0.15) is 119 Å². The number of nitrogens with zero attached hydrogens (tertiary/aromatic N) is 3. The molecule has 11 nitrogen and oxygen atoms in total. The highest BCUT2D eigenvalue weighted by Crippen LogP contribution is 2.41. The Hall–Kier alpha value is -3.64. The Bertz CT molecular complexity index is 1540. The zero-order chi connectivity index (χ0) is 38.1. The number of likely N-dealkylation sites (tertiary alicyclic amines) is 1. The lowest BCUT2D eigenvalue weighted by Gasteiger charge is -2.37. The summed E-state index contributed by atoms with van der Waals surface area (Å²) in [5.41, 5.74) is 2.23. The summed E-state index contributed by atoms with van der Waals surface area (Å²) in [6.07, 6.45) is 5.25. The van der Waals surface area contributed by atoms with Crippen molar-refractivity contribution < 1.29 is 33.8 Å². The number of esters is 1. The second-order valence-electron chi connectivity index (χ2n) is 15.3. The zero-order valence-corrected chi connectivity index (χ0v) is 32.7. The summed E-state index contributed by atoms with van der Waals surface area (Å²) in [7, 11) is 1.78. The summed E-state index contributed by atoms with van der Waals surface area (Å²) in [6, 6.07) is 7.01. The van der Waals surface area contributed by atoms with E-state index in [1.165, 1.54) is 18.3 Å². The number of Topliss-reactive ketones (excluding diaryl/α,β-unsaturated/α-hetero) is 1. The molecule has 1 aromatic carbocycles. The van der Waals surface area contributed by atoms with Gasteiger partial charge in [0.1, 0.15) is 10.7 Å². The summed E-state index contributed by atoms with van der Waals surface area (Å²) >= 11 is 1.20. The molecule has 1 saturated carbocycles. The maximum Gasteiger partial charge on any atom is 0.306 e. The van der Waals surface area contributed by atoms with Crippen molar-refractivity contribution in [2.24, 2.45) is 23.7 Å². The predicted molar refractivity (Wildman–Crippen MR) is 201 cm³/mol. The molecule has 286 valence electrons. The number of aliphatic carboxylic acids is 1. The number of thiazole rings is 1. The quantitative estimate of drug-likeness (QED) is 0.160. The lowest BCUT2D eigenvalue weighted by molar-refractivity contribution is -0.149. The van der Waals surface area contributed by atoms with Gasteiger partial charge >= 0.3 is 11.9 Å². The largest absolute Gasteiger partial charge is 0.481 e. The highest BCUT2D eigenvalue weighted by atomic mass is 32.1. The second kappa shape index (κ2) is 18.9. The van der Waals surface area contributed by atoms with Crippen LogP contribution in [-0.4, -0.2) is 87.7 Å². The Morgan fingerprint density at radius 3 is 2.35 bits per heavy atom.